The molecule has 0 bridgehead atoms. The molecule has 0 spiro atoms. The lowest BCUT2D eigenvalue weighted by Crippen LogP contribution is -2.29. The van der Waals surface area contributed by atoms with Crippen molar-refractivity contribution in [3.8, 4) is 0 Å². The first-order valence-electron chi connectivity index (χ1n) is 6.00. The van der Waals surface area contributed by atoms with E-state index in [1.54, 1.807) is 4.90 Å². The lowest BCUT2D eigenvalue weighted by atomic mass is 10.1. The second-order valence-electron chi connectivity index (χ2n) is 5.04. The van der Waals surface area contributed by atoms with Crippen LogP contribution < -0.4 is 10.6 Å². The van der Waals surface area contributed by atoms with Crippen LogP contribution >= 0.6 is 0 Å². The third kappa shape index (κ3) is 2.17. The van der Waals surface area contributed by atoms with Crippen LogP contribution in [0.1, 0.15) is 25.8 Å². The van der Waals surface area contributed by atoms with E-state index in [-0.39, 0.29) is 23.1 Å². The minimum Gasteiger partial charge on any atom is -0.384 e. The van der Waals surface area contributed by atoms with E-state index in [4.69, 9.17) is 11.1 Å². The van der Waals surface area contributed by atoms with Crippen LogP contribution in [0.3, 0.4) is 0 Å². The molecular weight excluding hydrogens is 236 g/mol. The highest BCUT2D eigenvalue weighted by molar-refractivity contribution is 5.95. The van der Waals surface area contributed by atoms with E-state index in [0.717, 1.165) is 18.6 Å². The van der Waals surface area contributed by atoms with E-state index in [0.29, 0.717) is 12.5 Å². The summed E-state index contributed by atoms with van der Waals surface area (Å²) in [5.74, 6) is -1.21. The Labute approximate surface area is 105 Å². The van der Waals surface area contributed by atoms with Crippen LogP contribution in [0, 0.1) is 23.0 Å². The zero-order chi connectivity index (χ0) is 13.4. The van der Waals surface area contributed by atoms with Gasteiger partial charge >= 0.3 is 0 Å². The molecule has 0 aromatic heterocycles. The lowest BCUT2D eigenvalue weighted by molar-refractivity contribution is 0.567. The summed E-state index contributed by atoms with van der Waals surface area (Å²) in [5, 5.41) is 7.21. The fourth-order valence-corrected chi connectivity index (χ4v) is 2.61. The van der Waals surface area contributed by atoms with Crippen molar-refractivity contribution in [2.24, 2.45) is 11.7 Å². The zero-order valence-electron chi connectivity index (χ0n) is 10.5. The minimum absolute atomic E-state index is 0.00292. The van der Waals surface area contributed by atoms with Crippen LogP contribution in [0.5, 0.6) is 0 Å². The first-order chi connectivity index (χ1) is 8.40. The third-order valence-electron chi connectivity index (χ3n) is 3.40. The molecule has 3 nitrogen and oxygen atoms in total. The Kier molecular flexibility index (Phi) is 3.24. The summed E-state index contributed by atoms with van der Waals surface area (Å²) in [6, 6.07) is 2.36. The molecule has 0 amide bonds. The summed E-state index contributed by atoms with van der Waals surface area (Å²) in [4.78, 5) is 1.75. The fraction of sp³-hybridized carbons (Fsp3) is 0.462. The monoisotopic (exact) mass is 253 g/mol. The average molecular weight is 253 g/mol. The molecule has 1 heterocycles. The largest absolute Gasteiger partial charge is 0.384 e. The van der Waals surface area contributed by atoms with Crippen molar-refractivity contribution in [1.29, 1.82) is 5.41 Å². The Morgan fingerprint density at radius 3 is 2.28 bits per heavy atom. The van der Waals surface area contributed by atoms with Gasteiger partial charge in [-0.25, -0.2) is 8.78 Å². The number of amidine groups is 1. The van der Waals surface area contributed by atoms with Gasteiger partial charge in [-0.2, -0.15) is 0 Å². The smallest absolute Gasteiger partial charge is 0.150 e. The second kappa shape index (κ2) is 4.55. The Morgan fingerprint density at radius 2 is 1.89 bits per heavy atom. The number of benzene rings is 1. The van der Waals surface area contributed by atoms with E-state index < -0.39 is 11.6 Å². The van der Waals surface area contributed by atoms with E-state index in [9.17, 15) is 8.78 Å². The molecule has 5 heteroatoms. The van der Waals surface area contributed by atoms with Crippen molar-refractivity contribution in [2.75, 3.05) is 11.4 Å². The molecule has 1 fully saturated rings. The Morgan fingerprint density at radius 1 is 1.33 bits per heavy atom. The highest BCUT2D eigenvalue weighted by Crippen LogP contribution is 2.33. The first-order valence-corrected chi connectivity index (χ1v) is 6.00. The van der Waals surface area contributed by atoms with E-state index in [2.05, 4.69) is 6.92 Å². The van der Waals surface area contributed by atoms with Gasteiger partial charge < -0.3 is 10.6 Å². The molecule has 0 aliphatic carbocycles. The van der Waals surface area contributed by atoms with Crippen LogP contribution in [0.25, 0.3) is 0 Å². The summed E-state index contributed by atoms with van der Waals surface area (Å²) in [5.41, 5.74) is 5.32. The number of hydrogen-bond acceptors (Lipinski definition) is 2. The number of nitrogens with zero attached hydrogens (tertiary/aromatic N) is 1. The van der Waals surface area contributed by atoms with Gasteiger partial charge in [-0.1, -0.05) is 6.92 Å². The molecular formula is C13H17F2N3. The number of halogens is 2. The molecule has 0 radical (unpaired) electrons. The third-order valence-corrected chi connectivity index (χ3v) is 3.40. The number of hydrogen-bond donors (Lipinski definition) is 2. The van der Waals surface area contributed by atoms with E-state index in [1.165, 1.54) is 0 Å². The molecule has 1 saturated heterocycles. The van der Waals surface area contributed by atoms with E-state index >= 15 is 0 Å². The maximum absolute atomic E-state index is 14.0. The molecule has 1 aromatic carbocycles. The van der Waals surface area contributed by atoms with Gasteiger partial charge in [0.15, 0.2) is 0 Å². The SMILES string of the molecule is CC1CC(C)N(c2c(F)cc(C(=N)N)cc2F)C1. The van der Waals surface area contributed by atoms with Gasteiger partial charge in [0.05, 0.1) is 0 Å². The molecule has 1 aliphatic rings. The van der Waals surface area contributed by atoms with Crippen molar-refractivity contribution >= 4 is 11.5 Å². The Balaban J connectivity index is 2.43. The highest BCUT2D eigenvalue weighted by Gasteiger charge is 2.30. The number of anilines is 1. The van der Waals surface area contributed by atoms with Crippen molar-refractivity contribution in [3.63, 3.8) is 0 Å². The van der Waals surface area contributed by atoms with Gasteiger partial charge in [-0.15, -0.1) is 0 Å². The molecule has 2 rings (SSSR count). The van der Waals surface area contributed by atoms with Crippen molar-refractivity contribution in [2.45, 2.75) is 26.3 Å². The van der Waals surface area contributed by atoms with Crippen LogP contribution in [0.4, 0.5) is 14.5 Å². The quantitative estimate of drug-likeness (QED) is 0.628. The summed E-state index contributed by atoms with van der Waals surface area (Å²) in [6.07, 6.45) is 0.924. The Hall–Kier alpha value is -1.65. The van der Waals surface area contributed by atoms with Crippen LogP contribution in [0.2, 0.25) is 0 Å². The predicted octanol–water partition coefficient (Wildman–Crippen LogP) is 2.48. The van der Waals surface area contributed by atoms with Crippen molar-refractivity contribution in [3.05, 3.63) is 29.3 Å². The molecule has 1 aliphatic heterocycles. The highest BCUT2D eigenvalue weighted by atomic mass is 19.1. The minimum atomic E-state index is -0.652. The van der Waals surface area contributed by atoms with Crippen LogP contribution in [-0.2, 0) is 0 Å². The van der Waals surface area contributed by atoms with Gasteiger partial charge in [0.25, 0.3) is 0 Å². The lowest BCUT2D eigenvalue weighted by Gasteiger charge is -2.25. The molecule has 18 heavy (non-hydrogen) atoms. The molecule has 2 atom stereocenters. The zero-order valence-corrected chi connectivity index (χ0v) is 10.5. The molecule has 98 valence electrons. The normalized spacial score (nSPS) is 23.4. The maximum atomic E-state index is 14.0. The standard InChI is InChI=1S/C13H17F2N3/c1-7-3-8(2)18(6-7)12-10(14)4-9(13(16)17)5-11(12)15/h4-5,7-8H,3,6H2,1-2H3,(H3,16,17). The van der Waals surface area contributed by atoms with Crippen molar-refractivity contribution < 1.29 is 8.78 Å². The first kappa shape index (κ1) is 12.8. The van der Waals surface area contributed by atoms with Gasteiger partial charge in [0, 0.05) is 18.2 Å². The van der Waals surface area contributed by atoms with Gasteiger partial charge in [0.2, 0.25) is 0 Å². The molecule has 0 saturated carbocycles. The number of nitrogens with two attached hydrogens (primary N) is 1. The maximum Gasteiger partial charge on any atom is 0.150 e. The predicted molar refractivity (Wildman–Crippen MR) is 68.0 cm³/mol. The summed E-state index contributed by atoms with van der Waals surface area (Å²) in [6.45, 7) is 4.67. The van der Waals surface area contributed by atoms with Crippen molar-refractivity contribution in [1.82, 2.24) is 0 Å². The average Bonchev–Trinajstić information content (AvgIpc) is 2.56. The fourth-order valence-electron chi connectivity index (χ4n) is 2.61. The summed E-state index contributed by atoms with van der Waals surface area (Å²) < 4.78 is 28.0. The molecule has 1 aromatic rings. The van der Waals surface area contributed by atoms with Gasteiger partial charge in [-0.3, -0.25) is 5.41 Å². The van der Waals surface area contributed by atoms with Gasteiger partial charge in [-0.05, 0) is 31.4 Å². The summed E-state index contributed by atoms with van der Waals surface area (Å²) in [7, 11) is 0. The van der Waals surface area contributed by atoms with Crippen LogP contribution in [0.15, 0.2) is 12.1 Å². The summed E-state index contributed by atoms with van der Waals surface area (Å²) >= 11 is 0. The topological polar surface area (TPSA) is 53.1 Å². The number of nitrogen functional groups attached to an aromatic ring is 1. The van der Waals surface area contributed by atoms with Crippen LogP contribution in [-0.4, -0.2) is 18.4 Å². The van der Waals surface area contributed by atoms with Gasteiger partial charge in [0.1, 0.15) is 23.2 Å². The number of nitrogens with one attached hydrogen (secondary N) is 1. The van der Waals surface area contributed by atoms with E-state index in [1.807, 2.05) is 6.92 Å². The molecule has 3 N–H and O–H groups in total. The second-order valence-corrected chi connectivity index (χ2v) is 5.04. The number of rotatable bonds is 2. The Bertz CT molecular complexity index is 464. The molecule has 2 unspecified atom stereocenters.